The molecule has 0 aromatic heterocycles. The Hall–Kier alpha value is -2.46. The van der Waals surface area contributed by atoms with Crippen LogP contribution in [0.25, 0.3) is 12.2 Å². The van der Waals surface area contributed by atoms with E-state index < -0.39 is 4.92 Å². The van der Waals surface area contributed by atoms with Crippen molar-refractivity contribution in [2.24, 2.45) is 0 Å². The Morgan fingerprint density at radius 2 is 1.42 bits per heavy atom. The first-order chi connectivity index (χ1) is 9.19. The van der Waals surface area contributed by atoms with Crippen LogP contribution in [0.3, 0.4) is 0 Å². The first kappa shape index (κ1) is 13.0. The van der Waals surface area contributed by atoms with Crippen LogP contribution in [-0.2, 0) is 6.61 Å². The van der Waals surface area contributed by atoms with Crippen LogP contribution < -0.4 is 0 Å². The van der Waals surface area contributed by atoms with E-state index in [2.05, 4.69) is 0 Å². The van der Waals surface area contributed by atoms with Gasteiger partial charge >= 0.3 is 0 Å². The van der Waals surface area contributed by atoms with Gasteiger partial charge in [0.05, 0.1) is 11.5 Å². The Labute approximate surface area is 110 Å². The van der Waals surface area contributed by atoms with Crippen LogP contribution in [0.5, 0.6) is 0 Å². The summed E-state index contributed by atoms with van der Waals surface area (Å²) in [6.45, 7) is 0.0341. The zero-order valence-electron chi connectivity index (χ0n) is 10.2. The highest BCUT2D eigenvalue weighted by atomic mass is 16.6. The molecule has 0 aliphatic heterocycles. The van der Waals surface area contributed by atoms with Crippen molar-refractivity contribution in [3.05, 3.63) is 75.3 Å². The van der Waals surface area contributed by atoms with Crippen LogP contribution in [-0.4, -0.2) is 10.0 Å². The van der Waals surface area contributed by atoms with Crippen molar-refractivity contribution < 1.29 is 10.0 Å². The van der Waals surface area contributed by atoms with E-state index in [1.54, 1.807) is 12.1 Å². The van der Waals surface area contributed by atoms with Gasteiger partial charge in [0, 0.05) is 12.1 Å². The maximum Gasteiger partial charge on any atom is 0.269 e. The lowest BCUT2D eigenvalue weighted by Crippen LogP contribution is -1.86. The number of nitrogens with zero attached hydrogens (tertiary/aromatic N) is 1. The SMILES string of the molecule is O=[N+]([O-])c1ccc(C=Cc2ccc(CO)cc2)cc1. The fraction of sp³-hybridized carbons (Fsp3) is 0.0667. The summed E-state index contributed by atoms with van der Waals surface area (Å²) in [4.78, 5) is 10.1. The molecule has 0 radical (unpaired) electrons. The maximum atomic E-state index is 10.5. The number of aliphatic hydroxyl groups excluding tert-OH is 1. The zero-order valence-corrected chi connectivity index (χ0v) is 10.2. The molecule has 0 amide bonds. The summed E-state index contributed by atoms with van der Waals surface area (Å²) in [6.07, 6.45) is 3.81. The summed E-state index contributed by atoms with van der Waals surface area (Å²) >= 11 is 0. The van der Waals surface area contributed by atoms with Gasteiger partial charge < -0.3 is 5.11 Å². The fourth-order valence-electron chi connectivity index (χ4n) is 1.63. The van der Waals surface area contributed by atoms with Gasteiger partial charge in [-0.1, -0.05) is 36.4 Å². The Morgan fingerprint density at radius 1 is 0.947 bits per heavy atom. The third-order valence-electron chi connectivity index (χ3n) is 2.73. The van der Waals surface area contributed by atoms with Gasteiger partial charge in [-0.15, -0.1) is 0 Å². The largest absolute Gasteiger partial charge is 0.392 e. The van der Waals surface area contributed by atoms with E-state index in [4.69, 9.17) is 5.11 Å². The van der Waals surface area contributed by atoms with Gasteiger partial charge in [-0.3, -0.25) is 10.1 Å². The van der Waals surface area contributed by atoms with Gasteiger partial charge in [-0.25, -0.2) is 0 Å². The molecule has 0 aliphatic carbocycles. The van der Waals surface area contributed by atoms with Crippen LogP contribution in [0.4, 0.5) is 5.69 Å². The van der Waals surface area contributed by atoms with Gasteiger partial charge in [0.15, 0.2) is 0 Å². The third-order valence-corrected chi connectivity index (χ3v) is 2.73. The highest BCUT2D eigenvalue weighted by Crippen LogP contribution is 2.14. The van der Waals surface area contributed by atoms with Gasteiger partial charge in [-0.2, -0.15) is 0 Å². The molecule has 19 heavy (non-hydrogen) atoms. The molecule has 0 aliphatic rings. The molecular formula is C15H13NO3. The fourth-order valence-corrected chi connectivity index (χ4v) is 1.63. The Morgan fingerprint density at radius 3 is 1.84 bits per heavy atom. The van der Waals surface area contributed by atoms with E-state index >= 15 is 0 Å². The molecule has 0 saturated carbocycles. The summed E-state index contributed by atoms with van der Waals surface area (Å²) in [5.74, 6) is 0. The van der Waals surface area contributed by atoms with E-state index in [9.17, 15) is 10.1 Å². The van der Waals surface area contributed by atoms with Crippen molar-refractivity contribution in [2.75, 3.05) is 0 Å². The number of nitro benzene ring substituents is 1. The maximum absolute atomic E-state index is 10.5. The summed E-state index contributed by atoms with van der Waals surface area (Å²) in [5.41, 5.74) is 2.87. The summed E-state index contributed by atoms with van der Waals surface area (Å²) in [6, 6.07) is 13.9. The summed E-state index contributed by atoms with van der Waals surface area (Å²) < 4.78 is 0. The van der Waals surface area contributed by atoms with E-state index in [1.165, 1.54) is 12.1 Å². The highest BCUT2D eigenvalue weighted by molar-refractivity contribution is 5.70. The van der Waals surface area contributed by atoms with E-state index in [0.29, 0.717) is 0 Å². The first-order valence-corrected chi connectivity index (χ1v) is 5.81. The molecule has 4 nitrogen and oxygen atoms in total. The number of hydrogen-bond acceptors (Lipinski definition) is 3. The summed E-state index contributed by atoms with van der Waals surface area (Å²) in [7, 11) is 0. The lowest BCUT2D eigenvalue weighted by Gasteiger charge is -1.97. The molecule has 0 atom stereocenters. The Balaban J connectivity index is 2.10. The minimum Gasteiger partial charge on any atom is -0.392 e. The topological polar surface area (TPSA) is 63.4 Å². The minimum atomic E-state index is -0.416. The Kier molecular flexibility index (Phi) is 4.05. The monoisotopic (exact) mass is 255 g/mol. The molecule has 0 spiro atoms. The average molecular weight is 255 g/mol. The zero-order chi connectivity index (χ0) is 13.7. The first-order valence-electron chi connectivity index (χ1n) is 5.81. The average Bonchev–Trinajstić information content (AvgIpc) is 2.46. The van der Waals surface area contributed by atoms with Crippen molar-refractivity contribution in [1.29, 1.82) is 0 Å². The standard InChI is InChI=1S/C15H13NO3/c17-11-14-5-3-12(4-6-14)1-2-13-7-9-15(10-8-13)16(18)19/h1-10,17H,11H2. The van der Waals surface area contributed by atoms with Gasteiger partial charge in [0.2, 0.25) is 0 Å². The van der Waals surface area contributed by atoms with Crippen LogP contribution in [0, 0.1) is 10.1 Å². The quantitative estimate of drug-likeness (QED) is 0.518. The molecule has 4 heteroatoms. The van der Waals surface area contributed by atoms with Crippen LogP contribution >= 0.6 is 0 Å². The molecule has 2 aromatic rings. The van der Waals surface area contributed by atoms with Gasteiger partial charge in [0.25, 0.3) is 5.69 Å². The van der Waals surface area contributed by atoms with E-state index in [-0.39, 0.29) is 12.3 Å². The molecule has 0 heterocycles. The van der Waals surface area contributed by atoms with Crippen LogP contribution in [0.15, 0.2) is 48.5 Å². The normalized spacial score (nSPS) is 10.8. The predicted octanol–water partition coefficient (Wildman–Crippen LogP) is 3.26. The van der Waals surface area contributed by atoms with E-state index in [1.807, 2.05) is 36.4 Å². The number of nitro groups is 1. The number of hydrogen-bond donors (Lipinski definition) is 1. The van der Waals surface area contributed by atoms with Crippen molar-refractivity contribution in [2.45, 2.75) is 6.61 Å². The van der Waals surface area contributed by atoms with E-state index in [0.717, 1.165) is 16.7 Å². The number of benzene rings is 2. The van der Waals surface area contributed by atoms with Gasteiger partial charge in [-0.05, 0) is 28.8 Å². The number of aliphatic hydroxyl groups is 1. The summed E-state index contributed by atoms with van der Waals surface area (Å²) in [5, 5.41) is 19.5. The lowest BCUT2D eigenvalue weighted by molar-refractivity contribution is -0.384. The molecular weight excluding hydrogens is 242 g/mol. The molecule has 0 fully saturated rings. The Bertz CT molecular complexity index is 586. The van der Waals surface area contributed by atoms with Crippen molar-refractivity contribution in [1.82, 2.24) is 0 Å². The molecule has 0 saturated heterocycles. The molecule has 0 bridgehead atoms. The lowest BCUT2D eigenvalue weighted by atomic mass is 10.1. The molecule has 2 rings (SSSR count). The molecule has 1 N–H and O–H groups in total. The second-order valence-corrected chi connectivity index (χ2v) is 4.08. The number of non-ortho nitro benzene ring substituents is 1. The minimum absolute atomic E-state index is 0.0341. The highest BCUT2D eigenvalue weighted by Gasteiger charge is 2.02. The molecule has 96 valence electrons. The molecule has 2 aromatic carbocycles. The van der Waals surface area contributed by atoms with Crippen molar-refractivity contribution in [3.63, 3.8) is 0 Å². The van der Waals surface area contributed by atoms with Gasteiger partial charge in [0.1, 0.15) is 0 Å². The van der Waals surface area contributed by atoms with Crippen LogP contribution in [0.1, 0.15) is 16.7 Å². The third kappa shape index (κ3) is 3.50. The second-order valence-electron chi connectivity index (χ2n) is 4.08. The smallest absolute Gasteiger partial charge is 0.269 e. The predicted molar refractivity (Wildman–Crippen MR) is 74.4 cm³/mol. The van der Waals surface area contributed by atoms with Crippen molar-refractivity contribution >= 4 is 17.8 Å². The number of rotatable bonds is 4. The second kappa shape index (κ2) is 5.93. The molecule has 0 unspecified atom stereocenters. The van der Waals surface area contributed by atoms with Crippen LogP contribution in [0.2, 0.25) is 0 Å². The van der Waals surface area contributed by atoms with Crippen molar-refractivity contribution in [3.8, 4) is 0 Å².